The fraction of sp³-hybridized carbons (Fsp3) is 0.694. The van der Waals surface area contributed by atoms with E-state index in [1.165, 1.54) is 16.9 Å². The minimum Gasteiger partial charge on any atom is -0.349 e. The number of ether oxygens (including phenoxy) is 2. The van der Waals surface area contributed by atoms with E-state index >= 15 is 0 Å². The molecule has 1 aromatic carbocycles. The first-order valence-corrected chi connectivity index (χ1v) is 17.9. The van der Waals surface area contributed by atoms with Gasteiger partial charge in [-0.2, -0.15) is 26.3 Å². The van der Waals surface area contributed by atoms with Crippen molar-refractivity contribution in [3.8, 4) is 0 Å². The Morgan fingerprint density at radius 2 is 1.66 bits per heavy atom. The summed E-state index contributed by atoms with van der Waals surface area (Å²) in [6, 6.07) is 1.58. The van der Waals surface area contributed by atoms with Crippen LogP contribution in [-0.4, -0.2) is 23.5 Å². The number of alkyl halides is 6. The smallest absolute Gasteiger partial charge is 0.349 e. The van der Waals surface area contributed by atoms with Gasteiger partial charge in [0.1, 0.15) is 0 Å². The van der Waals surface area contributed by atoms with Gasteiger partial charge < -0.3 is 14.8 Å². The summed E-state index contributed by atoms with van der Waals surface area (Å²) >= 11 is 1.34. The molecule has 1 N–H and O–H groups in total. The topological polar surface area (TPSA) is 43.4 Å². The second-order valence-electron chi connectivity index (χ2n) is 15.9. The molecule has 2 saturated heterocycles. The summed E-state index contributed by atoms with van der Waals surface area (Å²) in [5, 5.41) is 3.11. The molecule has 2 aliphatic heterocycles. The summed E-state index contributed by atoms with van der Waals surface area (Å²) in [5.41, 5.74) is -0.710. The van der Waals surface area contributed by atoms with Crippen molar-refractivity contribution in [1.29, 1.82) is 0 Å². The molecule has 10 atom stereocenters. The molecule has 0 unspecified atom stereocenters. The van der Waals surface area contributed by atoms with Crippen molar-refractivity contribution in [2.75, 3.05) is 11.9 Å². The molecule has 1 aromatic heterocycles. The van der Waals surface area contributed by atoms with Gasteiger partial charge in [0, 0.05) is 18.0 Å². The largest absolute Gasteiger partial charge is 0.416 e. The fourth-order valence-corrected chi connectivity index (χ4v) is 12.3. The Morgan fingerprint density at radius 1 is 0.936 bits per heavy atom. The summed E-state index contributed by atoms with van der Waals surface area (Å²) in [7, 11) is 0. The van der Waals surface area contributed by atoms with Gasteiger partial charge in [-0.15, -0.1) is 0 Å². The quantitative estimate of drug-likeness (QED) is 0.321. The lowest BCUT2D eigenvalue weighted by Crippen LogP contribution is -2.51. The number of halogens is 6. The van der Waals surface area contributed by atoms with Gasteiger partial charge >= 0.3 is 12.4 Å². The Morgan fingerprint density at radius 3 is 2.32 bits per heavy atom. The van der Waals surface area contributed by atoms with Crippen LogP contribution in [0.5, 0.6) is 0 Å². The Hall–Kier alpha value is -2.11. The Balaban J connectivity index is 1.06. The van der Waals surface area contributed by atoms with Crippen LogP contribution in [0, 0.1) is 46.3 Å². The lowest BCUT2D eigenvalue weighted by atomic mass is 9.47. The Bertz CT molecular complexity index is 1580. The van der Waals surface area contributed by atoms with E-state index in [0.717, 1.165) is 68.5 Å². The molecule has 6 aliphatic rings. The van der Waals surface area contributed by atoms with Crippen molar-refractivity contribution in [3.05, 3.63) is 46.0 Å². The molecule has 47 heavy (non-hydrogen) atoms. The zero-order valence-corrected chi connectivity index (χ0v) is 28.0. The van der Waals surface area contributed by atoms with E-state index in [1.807, 2.05) is 0 Å². The molecule has 0 radical (unpaired) electrons. The Kier molecular flexibility index (Phi) is 7.14. The first kappa shape index (κ1) is 32.1. The van der Waals surface area contributed by atoms with Gasteiger partial charge in [0.2, 0.25) is 0 Å². The number of aromatic nitrogens is 1. The standard InChI is InChI=1S/C36H42F6N2O2S/c1-18-7-12-34(45-17-18)19(2)29-28(46-34)16-26-23-5-6-25-30-27(9-11-32(25,3)24(23)8-10-33(26,29)4)44-31(47-30)43-22-14-20(35(37,38)39)13-21(15-22)36(40,41)42/h6,13-15,18-19,23-24,26,28-29H,5,7-12,16-17H2,1-4H3,(H,43,44)/t18-,19+,23-,24+,26+,28+,29+,32-,33+,34+/m1/s1. The van der Waals surface area contributed by atoms with Crippen LogP contribution in [0.4, 0.5) is 37.2 Å². The number of thiazole rings is 1. The third-order valence-electron chi connectivity index (χ3n) is 13.4. The van der Waals surface area contributed by atoms with Crippen molar-refractivity contribution in [3.63, 3.8) is 0 Å². The number of hydrogen-bond acceptors (Lipinski definition) is 5. The van der Waals surface area contributed by atoms with Crippen LogP contribution in [0.1, 0.15) is 94.3 Å². The van der Waals surface area contributed by atoms with Crippen molar-refractivity contribution < 1.29 is 35.8 Å². The average Bonchev–Trinajstić information content (AvgIpc) is 3.62. The maximum absolute atomic E-state index is 13.5. The highest BCUT2D eigenvalue weighted by molar-refractivity contribution is 7.16. The summed E-state index contributed by atoms with van der Waals surface area (Å²) in [6.07, 6.45) is 0.893. The maximum Gasteiger partial charge on any atom is 0.416 e. The lowest BCUT2D eigenvalue weighted by Gasteiger charge is -2.57. The number of aryl methyl sites for hydroxylation is 1. The van der Waals surface area contributed by atoms with E-state index in [2.05, 4.69) is 44.1 Å². The van der Waals surface area contributed by atoms with Gasteiger partial charge in [-0.1, -0.05) is 45.1 Å². The van der Waals surface area contributed by atoms with Crippen molar-refractivity contribution in [2.24, 2.45) is 46.3 Å². The number of anilines is 2. The highest BCUT2D eigenvalue weighted by atomic mass is 32.1. The second kappa shape index (κ2) is 10.5. The van der Waals surface area contributed by atoms with Crippen molar-refractivity contribution in [1.82, 2.24) is 4.98 Å². The van der Waals surface area contributed by atoms with E-state index in [9.17, 15) is 26.3 Å². The van der Waals surface area contributed by atoms with Crippen LogP contribution in [0.2, 0.25) is 0 Å². The molecular weight excluding hydrogens is 638 g/mol. The number of rotatable bonds is 2. The van der Waals surface area contributed by atoms with Crippen molar-refractivity contribution >= 4 is 27.7 Å². The fourth-order valence-electron chi connectivity index (χ4n) is 11.1. The highest BCUT2D eigenvalue weighted by Gasteiger charge is 2.68. The second-order valence-corrected chi connectivity index (χ2v) is 16.9. The first-order chi connectivity index (χ1) is 22.0. The van der Waals surface area contributed by atoms with Gasteiger partial charge in [0.25, 0.3) is 0 Å². The minimum atomic E-state index is -4.91. The number of benzene rings is 1. The molecule has 2 saturated carbocycles. The predicted molar refractivity (Wildman–Crippen MR) is 168 cm³/mol. The van der Waals surface area contributed by atoms with Crippen molar-refractivity contribution in [2.45, 2.75) is 103 Å². The molecule has 0 bridgehead atoms. The third kappa shape index (κ3) is 4.86. The van der Waals surface area contributed by atoms with E-state index in [4.69, 9.17) is 9.47 Å². The highest BCUT2D eigenvalue weighted by Crippen LogP contribution is 2.71. The normalized spacial score (nSPS) is 41.1. The molecule has 4 nitrogen and oxygen atoms in total. The lowest BCUT2D eigenvalue weighted by molar-refractivity contribution is -0.272. The molecule has 4 aliphatic carbocycles. The van der Waals surface area contributed by atoms with Crippen LogP contribution < -0.4 is 5.32 Å². The van der Waals surface area contributed by atoms with Gasteiger partial charge in [-0.25, -0.2) is 4.98 Å². The first-order valence-electron chi connectivity index (χ1n) is 17.1. The maximum atomic E-state index is 13.5. The van der Waals surface area contributed by atoms with E-state index in [-0.39, 0.29) is 28.7 Å². The summed E-state index contributed by atoms with van der Waals surface area (Å²) in [4.78, 5) is 5.70. The van der Waals surface area contributed by atoms with Gasteiger partial charge in [0.05, 0.1) is 34.4 Å². The van der Waals surface area contributed by atoms with Crippen LogP contribution >= 0.6 is 11.3 Å². The van der Waals surface area contributed by atoms with Gasteiger partial charge in [-0.05, 0) is 109 Å². The molecule has 1 spiro atoms. The molecule has 0 amide bonds. The van der Waals surface area contributed by atoms with Gasteiger partial charge in [0.15, 0.2) is 10.9 Å². The zero-order chi connectivity index (χ0) is 33.3. The molecule has 4 fully saturated rings. The number of hydrogen-bond donors (Lipinski definition) is 1. The summed E-state index contributed by atoms with van der Waals surface area (Å²) < 4.78 is 94.3. The predicted octanol–water partition coefficient (Wildman–Crippen LogP) is 10.5. The van der Waals surface area contributed by atoms with E-state index in [0.29, 0.717) is 52.8 Å². The third-order valence-corrected chi connectivity index (χ3v) is 14.4. The number of fused-ring (bicyclic) bond motifs is 9. The zero-order valence-electron chi connectivity index (χ0n) is 27.2. The average molecular weight is 681 g/mol. The van der Waals surface area contributed by atoms with Crippen LogP contribution in [0.3, 0.4) is 0 Å². The van der Waals surface area contributed by atoms with E-state index < -0.39 is 29.3 Å². The molecular formula is C36H42F6N2O2S. The number of nitrogens with one attached hydrogen (secondary N) is 1. The summed E-state index contributed by atoms with van der Waals surface area (Å²) in [5.74, 6) is 2.60. The van der Waals surface area contributed by atoms with Crippen LogP contribution in [0.15, 0.2) is 24.3 Å². The summed E-state index contributed by atoms with van der Waals surface area (Å²) in [6.45, 7) is 10.3. The SMILES string of the molecule is C[C@@H]1CC[C@]2(OC1)O[C@H]1C[C@H]3[C@@H]4CC=C5c6sc(Nc7cc(C(F)(F)F)cc(C(F)(F)F)c7)nc6CC[C@]5(C)[C@H]4CC[C@]3(C)[C@H]1[C@@H]2C. The Labute approximate surface area is 275 Å². The number of nitrogens with zero attached hydrogens (tertiary/aromatic N) is 1. The monoisotopic (exact) mass is 680 g/mol. The minimum absolute atomic E-state index is 0.0608. The van der Waals surface area contributed by atoms with Crippen LogP contribution in [0.25, 0.3) is 5.57 Å². The van der Waals surface area contributed by atoms with Gasteiger partial charge in [-0.3, -0.25) is 0 Å². The van der Waals surface area contributed by atoms with E-state index in [1.54, 1.807) is 0 Å². The molecule has 11 heteroatoms. The number of allylic oxidation sites excluding steroid dienone is 2. The molecule has 3 heterocycles. The molecule has 256 valence electrons. The van der Waals surface area contributed by atoms with Crippen LogP contribution in [-0.2, 0) is 28.2 Å². The molecule has 2 aromatic rings. The molecule has 8 rings (SSSR count).